The van der Waals surface area contributed by atoms with Gasteiger partial charge in [-0.2, -0.15) is 4.98 Å². The predicted octanol–water partition coefficient (Wildman–Crippen LogP) is -0.754. The minimum absolute atomic E-state index is 0.00629. The molecule has 2 aromatic rings. The Morgan fingerprint density at radius 2 is 2.15 bits per heavy atom. The molecule has 4 rings (SSSR count). The lowest BCUT2D eigenvalue weighted by molar-refractivity contribution is -0.0799. The molecule has 10 nitrogen and oxygen atoms in total. The van der Waals surface area contributed by atoms with Crippen LogP contribution in [0.2, 0.25) is 0 Å². The Bertz CT molecular complexity index is 980. The van der Waals surface area contributed by atoms with Gasteiger partial charge >= 0.3 is 5.69 Å². The molecule has 0 radical (unpaired) electrons. The zero-order valence-corrected chi connectivity index (χ0v) is 14.7. The molecule has 1 saturated heterocycles. The van der Waals surface area contributed by atoms with E-state index >= 15 is 0 Å². The molecule has 0 bridgehead atoms. The van der Waals surface area contributed by atoms with Crippen molar-refractivity contribution in [1.82, 2.24) is 19.1 Å². The minimum Gasteiger partial charge on any atom is -0.390 e. The Hall–Kier alpha value is -2.24. The summed E-state index contributed by atoms with van der Waals surface area (Å²) in [7, 11) is 0. The molecule has 2 aromatic heterocycles. The highest BCUT2D eigenvalue weighted by molar-refractivity contribution is 5.71. The summed E-state index contributed by atoms with van der Waals surface area (Å²) < 4.78 is 22.2. The molecule has 5 N–H and O–H groups in total. The third-order valence-electron chi connectivity index (χ3n) is 5.25. The molecule has 0 spiro atoms. The van der Waals surface area contributed by atoms with E-state index < -0.39 is 42.0 Å². The van der Waals surface area contributed by atoms with E-state index in [1.54, 1.807) is 6.92 Å². The van der Waals surface area contributed by atoms with E-state index in [0.29, 0.717) is 6.54 Å². The van der Waals surface area contributed by atoms with Gasteiger partial charge in [-0.3, -0.25) is 14.3 Å². The smallest absolute Gasteiger partial charge is 0.332 e. The van der Waals surface area contributed by atoms with Crippen LogP contribution in [0.25, 0.3) is 11.2 Å². The molecule has 2 aliphatic rings. The van der Waals surface area contributed by atoms with Crippen LogP contribution in [0.1, 0.15) is 32.4 Å². The van der Waals surface area contributed by atoms with Crippen molar-refractivity contribution in [2.24, 2.45) is 5.92 Å². The van der Waals surface area contributed by atoms with E-state index in [1.807, 2.05) is 0 Å². The second-order valence-corrected chi connectivity index (χ2v) is 7.23. The standard InChI is InChI=1S/C16H22FN5O5/c1-2-7(23)11-8(17)10(24)14(27-11)22-12-9(13(25)20-15(18)19-12)21(16(22)26)5-6-3-4-6/h6-8,10-11,14,23-24H,2-5H2,1H3,(H3,18,19,20,25)/t7?,8-,10-,11-,14-/m1/s1. The molecule has 1 aliphatic carbocycles. The molecule has 3 heterocycles. The van der Waals surface area contributed by atoms with Crippen molar-refractivity contribution in [1.29, 1.82) is 0 Å². The Morgan fingerprint density at radius 1 is 1.44 bits per heavy atom. The molecule has 148 valence electrons. The number of alkyl halides is 1. The molecule has 27 heavy (non-hydrogen) atoms. The molecular formula is C16H22FN5O5. The zero-order valence-electron chi connectivity index (χ0n) is 14.7. The van der Waals surface area contributed by atoms with Crippen LogP contribution in [0.15, 0.2) is 9.59 Å². The highest BCUT2D eigenvalue weighted by atomic mass is 19.1. The third-order valence-corrected chi connectivity index (χ3v) is 5.25. The SMILES string of the molecule is CCC(O)[C@H]1O[C@@H](n2c(=O)n(CC3CC3)c3c(=O)[nH]c(N)nc32)[C@H](O)[C@H]1F. The number of rotatable bonds is 5. The van der Waals surface area contributed by atoms with E-state index in [-0.39, 0.29) is 29.5 Å². The molecule has 2 fully saturated rings. The summed E-state index contributed by atoms with van der Waals surface area (Å²) in [4.78, 5) is 31.8. The van der Waals surface area contributed by atoms with Crippen LogP contribution < -0.4 is 17.0 Å². The Labute approximate surface area is 152 Å². The lowest BCUT2D eigenvalue weighted by Gasteiger charge is -2.18. The van der Waals surface area contributed by atoms with Gasteiger partial charge in [0.2, 0.25) is 5.95 Å². The maximum Gasteiger partial charge on any atom is 0.332 e. The topological polar surface area (TPSA) is 148 Å². The number of aliphatic hydroxyl groups excluding tert-OH is 2. The molecule has 5 atom stereocenters. The lowest BCUT2D eigenvalue weighted by Crippen LogP contribution is -2.36. The first-order valence-electron chi connectivity index (χ1n) is 8.99. The number of hydrogen-bond donors (Lipinski definition) is 4. The van der Waals surface area contributed by atoms with Crippen molar-refractivity contribution < 1.29 is 19.3 Å². The fraction of sp³-hybridized carbons (Fsp3) is 0.688. The fourth-order valence-corrected chi connectivity index (χ4v) is 3.57. The maximum atomic E-state index is 14.5. The third kappa shape index (κ3) is 2.86. The van der Waals surface area contributed by atoms with Gasteiger partial charge in [0, 0.05) is 6.54 Å². The number of H-pyrrole nitrogens is 1. The Kier molecular flexibility index (Phi) is 4.32. The molecule has 0 aromatic carbocycles. The summed E-state index contributed by atoms with van der Waals surface area (Å²) in [5.74, 6) is 0.0657. The number of anilines is 1. The predicted molar refractivity (Wildman–Crippen MR) is 92.9 cm³/mol. The van der Waals surface area contributed by atoms with E-state index in [9.17, 15) is 24.2 Å². The van der Waals surface area contributed by atoms with E-state index in [4.69, 9.17) is 10.5 Å². The van der Waals surface area contributed by atoms with Crippen LogP contribution in [0.5, 0.6) is 0 Å². The highest BCUT2D eigenvalue weighted by Gasteiger charge is 2.49. The summed E-state index contributed by atoms with van der Waals surface area (Å²) in [6, 6.07) is 0. The van der Waals surface area contributed by atoms with Crippen molar-refractivity contribution in [3.63, 3.8) is 0 Å². The normalized spacial score (nSPS) is 29.5. The summed E-state index contributed by atoms with van der Waals surface area (Å²) in [5.41, 5.74) is 4.31. The van der Waals surface area contributed by atoms with Gasteiger partial charge in [-0.05, 0) is 25.2 Å². The zero-order chi connectivity index (χ0) is 19.5. The molecule has 11 heteroatoms. The number of fused-ring (bicyclic) bond motifs is 1. The first kappa shape index (κ1) is 18.1. The quantitative estimate of drug-likeness (QED) is 0.531. The number of ether oxygens (including phenoxy) is 1. The van der Waals surface area contributed by atoms with Crippen LogP contribution in [-0.2, 0) is 11.3 Å². The van der Waals surface area contributed by atoms with Crippen LogP contribution in [0, 0.1) is 5.92 Å². The molecular weight excluding hydrogens is 361 g/mol. The van der Waals surface area contributed by atoms with Crippen LogP contribution in [0.4, 0.5) is 10.3 Å². The average Bonchev–Trinajstić information content (AvgIpc) is 3.34. The Balaban J connectivity index is 1.88. The average molecular weight is 383 g/mol. The van der Waals surface area contributed by atoms with Gasteiger partial charge in [-0.25, -0.2) is 13.8 Å². The van der Waals surface area contributed by atoms with Crippen LogP contribution in [-0.4, -0.2) is 53.8 Å². The van der Waals surface area contributed by atoms with Gasteiger partial charge in [0.05, 0.1) is 6.10 Å². The minimum atomic E-state index is -1.89. The van der Waals surface area contributed by atoms with E-state index in [0.717, 1.165) is 17.4 Å². The van der Waals surface area contributed by atoms with Gasteiger partial charge in [0.15, 0.2) is 23.6 Å². The monoisotopic (exact) mass is 383 g/mol. The number of halogens is 1. The molecule has 1 saturated carbocycles. The van der Waals surface area contributed by atoms with Crippen molar-refractivity contribution in [3.8, 4) is 0 Å². The number of nitrogens with one attached hydrogen (secondary N) is 1. The second-order valence-electron chi connectivity index (χ2n) is 7.23. The fourth-order valence-electron chi connectivity index (χ4n) is 3.57. The Morgan fingerprint density at radius 3 is 2.78 bits per heavy atom. The van der Waals surface area contributed by atoms with Gasteiger partial charge in [0.1, 0.15) is 12.2 Å². The van der Waals surface area contributed by atoms with Crippen LogP contribution >= 0.6 is 0 Å². The van der Waals surface area contributed by atoms with Gasteiger partial charge in [-0.1, -0.05) is 6.92 Å². The largest absolute Gasteiger partial charge is 0.390 e. The number of aromatic amines is 1. The summed E-state index contributed by atoms with van der Waals surface area (Å²) in [5, 5.41) is 20.3. The number of hydrogen-bond acceptors (Lipinski definition) is 7. The second kappa shape index (κ2) is 6.43. The number of nitrogens with zero attached hydrogens (tertiary/aromatic N) is 3. The first-order valence-corrected chi connectivity index (χ1v) is 8.99. The van der Waals surface area contributed by atoms with E-state index in [1.165, 1.54) is 4.57 Å². The highest BCUT2D eigenvalue weighted by Crippen LogP contribution is 2.35. The molecule has 0 amide bonds. The number of imidazole rings is 1. The van der Waals surface area contributed by atoms with Crippen molar-refractivity contribution >= 4 is 17.1 Å². The van der Waals surface area contributed by atoms with Gasteiger partial charge in [-0.15, -0.1) is 0 Å². The lowest BCUT2D eigenvalue weighted by atomic mass is 10.1. The van der Waals surface area contributed by atoms with Crippen molar-refractivity contribution in [2.45, 2.75) is 63.4 Å². The summed E-state index contributed by atoms with van der Waals surface area (Å²) in [6.07, 6.45) is -5.34. The molecule has 1 unspecified atom stereocenters. The molecule has 1 aliphatic heterocycles. The number of aromatic nitrogens is 4. The van der Waals surface area contributed by atoms with Gasteiger partial charge < -0.3 is 20.7 Å². The summed E-state index contributed by atoms with van der Waals surface area (Å²) in [6.45, 7) is 1.97. The van der Waals surface area contributed by atoms with Crippen LogP contribution in [0.3, 0.4) is 0 Å². The number of nitrogens with two attached hydrogens (primary N) is 1. The summed E-state index contributed by atoms with van der Waals surface area (Å²) >= 11 is 0. The van der Waals surface area contributed by atoms with Crippen molar-refractivity contribution in [3.05, 3.63) is 20.8 Å². The maximum absolute atomic E-state index is 14.5. The number of nitrogen functional groups attached to an aromatic ring is 1. The van der Waals surface area contributed by atoms with E-state index in [2.05, 4.69) is 9.97 Å². The van der Waals surface area contributed by atoms with Crippen molar-refractivity contribution in [2.75, 3.05) is 5.73 Å². The first-order chi connectivity index (χ1) is 12.8. The van der Waals surface area contributed by atoms with Gasteiger partial charge in [0.25, 0.3) is 5.56 Å². The number of aliphatic hydroxyl groups is 2.